The van der Waals surface area contributed by atoms with Gasteiger partial charge in [0.15, 0.2) is 6.10 Å². The van der Waals surface area contributed by atoms with E-state index in [1.165, 1.54) is 6.07 Å². The van der Waals surface area contributed by atoms with E-state index in [2.05, 4.69) is 24.1 Å². The summed E-state index contributed by atoms with van der Waals surface area (Å²) in [6.45, 7) is 10.7. The van der Waals surface area contributed by atoms with Crippen LogP contribution in [0.2, 0.25) is 0 Å². The molecule has 0 saturated carbocycles. The van der Waals surface area contributed by atoms with Crippen LogP contribution in [0.1, 0.15) is 73.5 Å². The van der Waals surface area contributed by atoms with Gasteiger partial charge < -0.3 is 25.3 Å². The molecule has 0 unspecified atom stereocenters. The third kappa shape index (κ3) is 7.95. The van der Waals surface area contributed by atoms with Crippen molar-refractivity contribution in [2.24, 2.45) is 23.5 Å². The van der Waals surface area contributed by atoms with Gasteiger partial charge in [-0.1, -0.05) is 54.4 Å². The number of nitrogens with one attached hydrogen (secondary N) is 1. The number of rotatable bonds is 14. The zero-order valence-electron chi connectivity index (χ0n) is 23.1. The molecule has 1 aromatic rings. The Morgan fingerprint density at radius 2 is 1.82 bits per heavy atom. The largest absolute Gasteiger partial charge is 0.463 e. The highest BCUT2D eigenvalue weighted by Gasteiger charge is 2.63. The summed E-state index contributed by atoms with van der Waals surface area (Å²) in [6.07, 6.45) is -0.569. The number of hydrogen-bond donors (Lipinski definition) is 2. The number of anilines is 1. The molecule has 0 aliphatic carbocycles. The first-order valence-electron chi connectivity index (χ1n) is 13.3. The molecule has 2 rings (SSSR count). The van der Waals surface area contributed by atoms with Crippen molar-refractivity contribution in [2.75, 3.05) is 18.5 Å². The maximum Gasteiger partial charge on any atom is 0.351 e. The predicted octanol–water partition coefficient (Wildman–Crippen LogP) is 3.50. The number of nitrogens with two attached hydrogens (primary N) is 1. The van der Waals surface area contributed by atoms with Crippen LogP contribution < -0.4 is 16.7 Å². The lowest BCUT2D eigenvalue weighted by Crippen LogP contribution is -2.48. The number of hydrogen-bond acceptors (Lipinski definition) is 9. The molecule has 1 fully saturated rings. The quantitative estimate of drug-likeness (QED) is 0.337. The number of esters is 2. The lowest BCUT2D eigenvalue weighted by Gasteiger charge is -2.26. The predicted molar refractivity (Wildman–Crippen MR) is 138 cm³/mol. The van der Waals surface area contributed by atoms with Crippen molar-refractivity contribution in [3.8, 4) is 0 Å². The van der Waals surface area contributed by atoms with E-state index in [1.54, 1.807) is 27.7 Å². The topological polar surface area (TPSA) is 135 Å². The van der Waals surface area contributed by atoms with Crippen LogP contribution in [0.5, 0.6) is 0 Å². The Hall–Kier alpha value is -2.60. The fourth-order valence-electron chi connectivity index (χ4n) is 4.16. The average Bonchev–Trinajstić information content (AvgIpc) is 3.09. The first-order chi connectivity index (χ1) is 17.8. The molecule has 1 aromatic heterocycles. The Balaban J connectivity index is 2.28. The molecular weight excluding hydrogens is 502 g/mol. The second-order valence-electron chi connectivity index (χ2n) is 10.4. The van der Waals surface area contributed by atoms with Crippen LogP contribution in [0, 0.1) is 17.8 Å². The van der Waals surface area contributed by atoms with Gasteiger partial charge in [-0.05, 0) is 30.7 Å². The molecule has 0 bridgehead atoms. The molecule has 216 valence electrons. The molecule has 1 aliphatic heterocycles. The van der Waals surface area contributed by atoms with Crippen molar-refractivity contribution in [3.63, 3.8) is 0 Å². The van der Waals surface area contributed by atoms with Gasteiger partial charge >= 0.3 is 23.6 Å². The van der Waals surface area contributed by atoms with E-state index in [0.717, 1.165) is 31.9 Å². The summed E-state index contributed by atoms with van der Waals surface area (Å²) in [7, 11) is 0. The minimum Gasteiger partial charge on any atom is -0.463 e. The normalized spacial score (nSPS) is 21.6. The molecule has 0 aromatic carbocycles. The lowest BCUT2D eigenvalue weighted by molar-refractivity contribution is -0.179. The van der Waals surface area contributed by atoms with Crippen LogP contribution in [0.15, 0.2) is 17.1 Å². The fourth-order valence-corrected chi connectivity index (χ4v) is 4.16. The van der Waals surface area contributed by atoms with E-state index in [0.29, 0.717) is 17.0 Å². The number of halogens is 2. The first kappa shape index (κ1) is 31.6. The summed E-state index contributed by atoms with van der Waals surface area (Å²) in [5, 5.41) is 3.11. The van der Waals surface area contributed by atoms with Crippen molar-refractivity contribution in [2.45, 2.75) is 97.6 Å². The lowest BCUT2D eigenvalue weighted by atomic mass is 9.98. The number of ether oxygens (including phenoxy) is 3. The molecule has 10 nitrogen and oxygen atoms in total. The molecule has 1 saturated heterocycles. The van der Waals surface area contributed by atoms with Crippen LogP contribution in [0.3, 0.4) is 0 Å². The van der Waals surface area contributed by atoms with E-state index < -0.39 is 60.6 Å². The minimum atomic E-state index is -3.85. The number of aromatic nitrogens is 2. The molecule has 4 atom stereocenters. The second kappa shape index (κ2) is 14.0. The maximum atomic E-state index is 15.6. The maximum absolute atomic E-state index is 15.6. The van der Waals surface area contributed by atoms with Crippen LogP contribution in [-0.2, 0) is 23.8 Å². The second-order valence-corrected chi connectivity index (χ2v) is 10.4. The molecule has 3 N–H and O–H groups in total. The number of carbonyl (C=O) groups excluding carboxylic acids is 2. The zero-order valence-corrected chi connectivity index (χ0v) is 23.1. The smallest absolute Gasteiger partial charge is 0.351 e. The van der Waals surface area contributed by atoms with E-state index in [1.807, 2.05) is 0 Å². The monoisotopic (exact) mass is 544 g/mol. The van der Waals surface area contributed by atoms with E-state index in [9.17, 15) is 14.4 Å². The van der Waals surface area contributed by atoms with Gasteiger partial charge in [-0.15, -0.1) is 0 Å². The van der Waals surface area contributed by atoms with Gasteiger partial charge in [-0.3, -0.25) is 14.2 Å². The minimum absolute atomic E-state index is 0.262. The van der Waals surface area contributed by atoms with Crippen LogP contribution >= 0.6 is 0 Å². The van der Waals surface area contributed by atoms with E-state index in [-0.39, 0.29) is 11.7 Å². The molecule has 0 radical (unpaired) electrons. The molecule has 38 heavy (non-hydrogen) atoms. The van der Waals surface area contributed by atoms with Crippen molar-refractivity contribution in [1.29, 1.82) is 0 Å². The van der Waals surface area contributed by atoms with Gasteiger partial charge in [-0.25, -0.2) is 4.79 Å². The summed E-state index contributed by atoms with van der Waals surface area (Å²) in [5.41, 5.74) is 4.82. The molecular formula is C26H42F2N4O6. The van der Waals surface area contributed by atoms with Crippen LogP contribution in [0.4, 0.5) is 14.6 Å². The highest BCUT2D eigenvalue weighted by molar-refractivity contribution is 5.76. The van der Waals surface area contributed by atoms with Gasteiger partial charge in [0.1, 0.15) is 24.6 Å². The highest BCUT2D eigenvalue weighted by Crippen LogP contribution is 2.44. The van der Waals surface area contributed by atoms with Gasteiger partial charge in [-0.2, -0.15) is 13.8 Å². The number of carbonyl (C=O) groups is 2. The Labute approximate surface area is 222 Å². The molecule has 0 amide bonds. The Morgan fingerprint density at radius 1 is 1.18 bits per heavy atom. The van der Waals surface area contributed by atoms with Gasteiger partial charge in [0.2, 0.25) is 6.23 Å². The fraction of sp³-hybridized carbons (Fsp3) is 0.769. The molecule has 1 aliphatic rings. The van der Waals surface area contributed by atoms with Crippen molar-refractivity contribution in [3.05, 3.63) is 22.7 Å². The average molecular weight is 545 g/mol. The van der Waals surface area contributed by atoms with Crippen molar-refractivity contribution in [1.82, 2.24) is 9.55 Å². The van der Waals surface area contributed by atoms with Crippen LogP contribution in [0.25, 0.3) is 0 Å². The Kier molecular flexibility index (Phi) is 11.6. The van der Waals surface area contributed by atoms with Gasteiger partial charge in [0, 0.05) is 12.7 Å². The number of nitrogens with zero attached hydrogens (tertiary/aromatic N) is 2. The van der Waals surface area contributed by atoms with Crippen molar-refractivity contribution < 1.29 is 32.6 Å². The molecule has 0 spiro atoms. The van der Waals surface area contributed by atoms with E-state index >= 15 is 8.78 Å². The highest BCUT2D eigenvalue weighted by atomic mass is 19.3. The standard InChI is InChI=1S/C26H42F2N4O6/c1-7-9-17(10-8-2)13-30-19-11-12-32(25(35)31-19)24-26(27,28)21(38-23(34)20(29)15(3)4)18(37-24)14-36-22(33)16(5)6/h11-12,15-18,20-21,24H,7-10,13-14,29H2,1-6H3,(H,30,31,35)/t18-,20+,21-,24-/m1/s1. The summed E-state index contributed by atoms with van der Waals surface area (Å²) < 4.78 is 47.6. The summed E-state index contributed by atoms with van der Waals surface area (Å²) in [6, 6.07) is 0.264. The Morgan fingerprint density at radius 3 is 2.34 bits per heavy atom. The summed E-state index contributed by atoms with van der Waals surface area (Å²) in [4.78, 5) is 41.1. The summed E-state index contributed by atoms with van der Waals surface area (Å²) in [5.74, 6) is -5.75. The van der Waals surface area contributed by atoms with E-state index in [4.69, 9.17) is 19.9 Å². The van der Waals surface area contributed by atoms with Crippen LogP contribution in [-0.4, -0.2) is 58.8 Å². The third-order valence-corrected chi connectivity index (χ3v) is 6.49. The first-order valence-corrected chi connectivity index (χ1v) is 13.3. The zero-order chi connectivity index (χ0) is 28.6. The Bertz CT molecular complexity index is 981. The number of alkyl halides is 2. The molecule has 12 heteroatoms. The third-order valence-electron chi connectivity index (χ3n) is 6.49. The SMILES string of the molecule is CCCC(CCC)CNc1ccn([C@@H]2O[C@H](COC(=O)C(C)C)[C@@H](OC(=O)[C@@H](N)C(C)C)C2(F)F)c(=O)n1. The summed E-state index contributed by atoms with van der Waals surface area (Å²) >= 11 is 0. The molecule has 2 heterocycles. The van der Waals surface area contributed by atoms with Crippen molar-refractivity contribution >= 4 is 17.8 Å². The van der Waals surface area contributed by atoms with Gasteiger partial charge in [0.25, 0.3) is 0 Å². The van der Waals surface area contributed by atoms with Gasteiger partial charge in [0.05, 0.1) is 5.92 Å².